The van der Waals surface area contributed by atoms with Crippen molar-refractivity contribution in [3.63, 3.8) is 0 Å². The molecule has 3 aromatic carbocycles. The topological polar surface area (TPSA) is 34.4 Å². The number of pyridine rings is 2. The van der Waals surface area contributed by atoms with Gasteiger partial charge in [-0.15, -0.1) is 0 Å². The molecule has 0 N–H and O–H groups in total. The van der Waals surface area contributed by atoms with E-state index in [0.29, 0.717) is 16.1 Å². The van der Waals surface area contributed by atoms with Crippen molar-refractivity contribution in [3.8, 4) is 22.5 Å². The summed E-state index contributed by atoms with van der Waals surface area (Å²) in [7, 11) is 0. The smallest absolute Gasteiger partial charge is 0.195 e. The number of nitrogens with zero attached hydrogens (tertiary/aromatic N) is 2. The normalized spacial score (nSPS) is 11.2. The van der Waals surface area contributed by atoms with E-state index in [1.165, 1.54) is 0 Å². The lowest BCUT2D eigenvalue weighted by Gasteiger charge is -2.10. The molecule has 0 spiro atoms. The summed E-state index contributed by atoms with van der Waals surface area (Å²) in [6.45, 7) is 0. The summed E-state index contributed by atoms with van der Waals surface area (Å²) < 4.78 is 2.07. The average Bonchev–Trinajstić information content (AvgIpc) is 3.24. The summed E-state index contributed by atoms with van der Waals surface area (Å²) in [6.07, 6.45) is 1.99. The number of ketones is 1. The monoisotopic (exact) mass is 458 g/mol. The summed E-state index contributed by atoms with van der Waals surface area (Å²) in [5.74, 6) is -0.0266. The standard InChI is InChI=1S/C30H19ClN2O/c31-23-16-13-21(14-17-23)27-28(30(34)22-9-2-1-3-10-22)26-12-6-7-19-33(26)29(27)25-18-15-20-8-4-5-11-24(20)32-25/h1-19H. The number of rotatable bonds is 4. The van der Waals surface area contributed by atoms with Crippen molar-refractivity contribution < 1.29 is 4.79 Å². The second-order valence-corrected chi connectivity index (χ2v) is 8.58. The van der Waals surface area contributed by atoms with Gasteiger partial charge < -0.3 is 4.40 Å². The van der Waals surface area contributed by atoms with E-state index in [2.05, 4.69) is 10.5 Å². The molecule has 0 aliphatic heterocycles. The van der Waals surface area contributed by atoms with Crippen molar-refractivity contribution in [2.45, 2.75) is 0 Å². The van der Waals surface area contributed by atoms with Gasteiger partial charge in [-0.1, -0.05) is 84.4 Å². The van der Waals surface area contributed by atoms with Crippen LogP contribution in [0.25, 0.3) is 38.9 Å². The van der Waals surface area contributed by atoms with Crippen molar-refractivity contribution in [2.75, 3.05) is 0 Å². The lowest BCUT2D eigenvalue weighted by Crippen LogP contribution is -2.02. The number of carbonyl (C=O) groups excluding carboxylic acids is 1. The van der Waals surface area contributed by atoms with E-state index >= 15 is 0 Å². The SMILES string of the molecule is O=C(c1ccccc1)c1c(-c2ccc(Cl)cc2)c(-c2ccc3ccccc3n2)n2ccccc12. The minimum atomic E-state index is -0.0266. The molecular weight excluding hydrogens is 440 g/mol. The second kappa shape index (κ2) is 8.29. The lowest BCUT2D eigenvalue weighted by atomic mass is 9.94. The number of aromatic nitrogens is 2. The number of para-hydroxylation sites is 1. The van der Waals surface area contributed by atoms with Crippen LogP contribution in [-0.2, 0) is 0 Å². The summed E-state index contributed by atoms with van der Waals surface area (Å²) in [5, 5.41) is 1.72. The molecule has 0 amide bonds. The van der Waals surface area contributed by atoms with Crippen LogP contribution in [0.15, 0.2) is 115 Å². The predicted octanol–water partition coefficient (Wildman–Crippen LogP) is 7.71. The Kier molecular flexibility index (Phi) is 4.97. The highest BCUT2D eigenvalue weighted by Crippen LogP contribution is 2.40. The number of carbonyl (C=O) groups is 1. The average molecular weight is 459 g/mol. The van der Waals surface area contributed by atoms with Gasteiger partial charge in [-0.25, -0.2) is 4.98 Å². The first-order valence-corrected chi connectivity index (χ1v) is 11.4. The van der Waals surface area contributed by atoms with E-state index in [9.17, 15) is 4.79 Å². The maximum absolute atomic E-state index is 13.9. The van der Waals surface area contributed by atoms with E-state index in [0.717, 1.165) is 38.9 Å². The Morgan fingerprint density at radius 1 is 0.735 bits per heavy atom. The first-order chi connectivity index (χ1) is 16.7. The van der Waals surface area contributed by atoms with E-state index in [1.807, 2.05) is 109 Å². The summed E-state index contributed by atoms with van der Waals surface area (Å²) in [5.41, 5.74) is 6.48. The fourth-order valence-corrected chi connectivity index (χ4v) is 4.65. The minimum Gasteiger partial charge on any atom is -0.314 e. The third-order valence-corrected chi connectivity index (χ3v) is 6.33. The summed E-state index contributed by atoms with van der Waals surface area (Å²) >= 11 is 6.21. The molecule has 0 atom stereocenters. The Morgan fingerprint density at radius 3 is 2.29 bits per heavy atom. The number of hydrogen-bond acceptors (Lipinski definition) is 2. The van der Waals surface area contributed by atoms with Crippen LogP contribution in [0.4, 0.5) is 0 Å². The molecule has 0 saturated carbocycles. The molecule has 6 rings (SSSR count). The molecule has 0 fully saturated rings. The minimum absolute atomic E-state index is 0.0266. The van der Waals surface area contributed by atoms with E-state index in [-0.39, 0.29) is 5.78 Å². The molecule has 4 heteroatoms. The Bertz CT molecular complexity index is 1670. The van der Waals surface area contributed by atoms with Crippen LogP contribution < -0.4 is 0 Å². The summed E-state index contributed by atoms with van der Waals surface area (Å²) in [6, 6.07) is 35.1. The van der Waals surface area contributed by atoms with Crippen molar-refractivity contribution in [1.29, 1.82) is 0 Å². The number of benzene rings is 3. The Balaban J connectivity index is 1.72. The van der Waals surface area contributed by atoms with Gasteiger partial charge in [0, 0.05) is 27.7 Å². The number of fused-ring (bicyclic) bond motifs is 2. The Labute approximate surface area is 201 Å². The molecule has 0 radical (unpaired) electrons. The lowest BCUT2D eigenvalue weighted by molar-refractivity contribution is 0.104. The van der Waals surface area contributed by atoms with Crippen LogP contribution in [0.3, 0.4) is 0 Å². The maximum Gasteiger partial charge on any atom is 0.195 e. The van der Waals surface area contributed by atoms with E-state index in [1.54, 1.807) is 0 Å². The van der Waals surface area contributed by atoms with Crippen molar-refractivity contribution >= 4 is 33.8 Å². The zero-order valence-corrected chi connectivity index (χ0v) is 18.9. The van der Waals surface area contributed by atoms with Crippen molar-refractivity contribution in [3.05, 3.63) is 132 Å². The van der Waals surface area contributed by atoms with Crippen LogP contribution in [0.2, 0.25) is 5.02 Å². The quantitative estimate of drug-likeness (QED) is 0.253. The molecule has 162 valence electrons. The van der Waals surface area contributed by atoms with E-state index < -0.39 is 0 Å². The van der Waals surface area contributed by atoms with Gasteiger partial charge in [0.2, 0.25) is 0 Å². The zero-order valence-electron chi connectivity index (χ0n) is 18.2. The third-order valence-electron chi connectivity index (χ3n) is 6.08. The van der Waals surface area contributed by atoms with Gasteiger partial charge in [0.05, 0.1) is 28.0 Å². The van der Waals surface area contributed by atoms with Crippen LogP contribution >= 0.6 is 11.6 Å². The van der Waals surface area contributed by atoms with Crippen LogP contribution in [0.1, 0.15) is 15.9 Å². The molecular formula is C30H19ClN2O. The number of hydrogen-bond donors (Lipinski definition) is 0. The van der Waals surface area contributed by atoms with Crippen LogP contribution in [0, 0.1) is 0 Å². The van der Waals surface area contributed by atoms with Crippen LogP contribution in [0.5, 0.6) is 0 Å². The molecule has 0 saturated heterocycles. The molecule has 0 unspecified atom stereocenters. The molecule has 3 aromatic heterocycles. The molecule has 3 nitrogen and oxygen atoms in total. The highest BCUT2D eigenvalue weighted by molar-refractivity contribution is 6.30. The van der Waals surface area contributed by atoms with Crippen molar-refractivity contribution in [2.24, 2.45) is 0 Å². The Morgan fingerprint density at radius 2 is 1.47 bits per heavy atom. The molecule has 6 aromatic rings. The predicted molar refractivity (Wildman–Crippen MR) is 138 cm³/mol. The fraction of sp³-hybridized carbons (Fsp3) is 0. The Hall–Kier alpha value is -4.21. The largest absolute Gasteiger partial charge is 0.314 e. The first kappa shape index (κ1) is 20.4. The zero-order chi connectivity index (χ0) is 23.1. The van der Waals surface area contributed by atoms with Gasteiger partial charge in [0.25, 0.3) is 0 Å². The highest BCUT2D eigenvalue weighted by Gasteiger charge is 2.26. The van der Waals surface area contributed by atoms with Gasteiger partial charge in [0.15, 0.2) is 5.78 Å². The second-order valence-electron chi connectivity index (χ2n) is 8.15. The molecule has 0 aliphatic carbocycles. The number of halogens is 1. The molecule has 3 heterocycles. The third kappa shape index (κ3) is 3.38. The van der Waals surface area contributed by atoms with Gasteiger partial charge >= 0.3 is 0 Å². The van der Waals surface area contributed by atoms with Gasteiger partial charge in [-0.3, -0.25) is 4.79 Å². The molecule has 0 aliphatic rings. The van der Waals surface area contributed by atoms with Crippen LogP contribution in [-0.4, -0.2) is 15.2 Å². The van der Waals surface area contributed by atoms with Gasteiger partial charge in [-0.2, -0.15) is 0 Å². The maximum atomic E-state index is 13.9. The van der Waals surface area contributed by atoms with Gasteiger partial charge in [-0.05, 0) is 42.0 Å². The highest BCUT2D eigenvalue weighted by atomic mass is 35.5. The van der Waals surface area contributed by atoms with Crippen molar-refractivity contribution in [1.82, 2.24) is 9.38 Å². The molecule has 0 bridgehead atoms. The fourth-order valence-electron chi connectivity index (χ4n) is 4.52. The first-order valence-electron chi connectivity index (χ1n) is 11.1. The summed E-state index contributed by atoms with van der Waals surface area (Å²) in [4.78, 5) is 18.9. The van der Waals surface area contributed by atoms with E-state index in [4.69, 9.17) is 16.6 Å². The van der Waals surface area contributed by atoms with Gasteiger partial charge in [0.1, 0.15) is 0 Å². The molecule has 34 heavy (non-hydrogen) atoms.